The Bertz CT molecular complexity index is 926. The van der Waals surface area contributed by atoms with Crippen LogP contribution in [0.25, 0.3) is 16.6 Å². The lowest BCUT2D eigenvalue weighted by Crippen LogP contribution is -2.36. The van der Waals surface area contributed by atoms with Crippen LogP contribution in [0, 0.1) is 5.41 Å². The topological polar surface area (TPSA) is 76.0 Å². The molecule has 0 radical (unpaired) electrons. The lowest BCUT2D eigenvalue weighted by Gasteiger charge is -2.30. The summed E-state index contributed by atoms with van der Waals surface area (Å²) in [5.74, 6) is 0.980. The average Bonchev–Trinajstić information content (AvgIpc) is 2.99. The summed E-state index contributed by atoms with van der Waals surface area (Å²) in [4.78, 5) is 9.62. The fourth-order valence-electron chi connectivity index (χ4n) is 2.93. The molecule has 120 valence electrons. The van der Waals surface area contributed by atoms with Gasteiger partial charge in [0.25, 0.3) is 0 Å². The van der Waals surface area contributed by atoms with E-state index in [1.807, 2.05) is 53.4 Å². The zero-order valence-corrected chi connectivity index (χ0v) is 14.3. The molecule has 2 aromatic carbocycles. The second-order valence-corrected chi connectivity index (χ2v) is 6.57. The summed E-state index contributed by atoms with van der Waals surface area (Å²) < 4.78 is 0.991. The molecular formula is C18H15BrN4O. The second kappa shape index (κ2) is 5.79. The number of fused-ring (bicyclic) bond motifs is 1. The van der Waals surface area contributed by atoms with Crippen LogP contribution in [-0.2, 0) is 0 Å². The van der Waals surface area contributed by atoms with Crippen molar-refractivity contribution in [2.24, 2.45) is 0 Å². The zero-order chi connectivity index (χ0) is 16.7. The van der Waals surface area contributed by atoms with Gasteiger partial charge in [0, 0.05) is 23.1 Å². The minimum absolute atomic E-state index is 0.201. The first-order valence-electron chi connectivity index (χ1n) is 7.63. The van der Waals surface area contributed by atoms with Gasteiger partial charge in [-0.2, -0.15) is 0 Å². The summed E-state index contributed by atoms with van der Waals surface area (Å²) in [6, 6.07) is 15.5. The monoisotopic (exact) mass is 382 g/mol. The fraction of sp³-hybridized carbons (Fsp3) is 0.111. The first-order valence-corrected chi connectivity index (χ1v) is 8.42. The highest BCUT2D eigenvalue weighted by atomic mass is 79.9. The summed E-state index contributed by atoms with van der Waals surface area (Å²) >= 11 is 3.43. The summed E-state index contributed by atoms with van der Waals surface area (Å²) in [6.07, 6.45) is 0.477. The molecular weight excluding hydrogens is 368 g/mol. The van der Waals surface area contributed by atoms with Crippen molar-refractivity contribution in [2.45, 2.75) is 6.42 Å². The minimum Gasteiger partial charge on any atom is -0.511 e. The lowest BCUT2D eigenvalue weighted by atomic mass is 10.0. The van der Waals surface area contributed by atoms with Crippen LogP contribution in [0.3, 0.4) is 0 Å². The van der Waals surface area contributed by atoms with E-state index < -0.39 is 0 Å². The largest absolute Gasteiger partial charge is 0.511 e. The van der Waals surface area contributed by atoms with Crippen LogP contribution in [0.4, 0.5) is 5.69 Å². The Hall–Kier alpha value is -2.60. The molecule has 24 heavy (non-hydrogen) atoms. The predicted octanol–water partition coefficient (Wildman–Crippen LogP) is 4.48. The third kappa shape index (κ3) is 2.49. The molecule has 0 atom stereocenters. The maximum Gasteiger partial charge on any atom is 0.145 e. The second-order valence-electron chi connectivity index (χ2n) is 5.65. The number of rotatable bonds is 2. The maximum absolute atomic E-state index is 10.4. The third-order valence-electron chi connectivity index (χ3n) is 4.13. The smallest absolute Gasteiger partial charge is 0.145 e. The molecule has 1 aromatic heterocycles. The standard InChI is InChI=1S/C18H15BrN4O/c19-11-5-7-12(8-6-11)23-10-9-15(24)16(17(23)20)18-21-13-3-1-2-4-14(13)22-18/h1-8,20,24H,9-10H2,(H,21,22). The summed E-state index contributed by atoms with van der Waals surface area (Å²) in [6.45, 7) is 0.566. The van der Waals surface area contributed by atoms with Gasteiger partial charge in [0.1, 0.15) is 17.4 Å². The molecule has 0 amide bonds. The van der Waals surface area contributed by atoms with Crippen LogP contribution in [0.5, 0.6) is 0 Å². The summed E-state index contributed by atoms with van der Waals surface area (Å²) in [5.41, 5.74) is 3.09. The first kappa shape index (κ1) is 15.0. The highest BCUT2D eigenvalue weighted by Gasteiger charge is 2.28. The quantitative estimate of drug-likeness (QED) is 0.611. The molecule has 2 heterocycles. The summed E-state index contributed by atoms with van der Waals surface area (Å²) in [5, 5.41) is 18.9. The highest BCUT2D eigenvalue weighted by molar-refractivity contribution is 9.10. The number of para-hydroxylation sites is 2. The van der Waals surface area contributed by atoms with Crippen LogP contribution < -0.4 is 4.90 Å². The normalized spacial score (nSPS) is 15.4. The van der Waals surface area contributed by atoms with Crippen LogP contribution >= 0.6 is 15.9 Å². The van der Waals surface area contributed by atoms with Gasteiger partial charge in [-0.3, -0.25) is 5.41 Å². The number of anilines is 1. The first-order chi connectivity index (χ1) is 11.6. The van der Waals surface area contributed by atoms with Gasteiger partial charge >= 0.3 is 0 Å². The molecule has 0 saturated carbocycles. The zero-order valence-electron chi connectivity index (χ0n) is 12.8. The number of aliphatic hydroxyl groups is 1. The molecule has 5 nitrogen and oxygen atoms in total. The third-order valence-corrected chi connectivity index (χ3v) is 4.66. The molecule has 0 aliphatic carbocycles. The summed E-state index contributed by atoms with van der Waals surface area (Å²) in [7, 11) is 0. The molecule has 0 bridgehead atoms. The van der Waals surface area contributed by atoms with Gasteiger partial charge in [-0.05, 0) is 36.4 Å². The van der Waals surface area contributed by atoms with Crippen molar-refractivity contribution in [1.29, 1.82) is 5.41 Å². The maximum atomic E-state index is 10.4. The molecule has 3 aromatic rings. The molecule has 3 N–H and O–H groups in total. The SMILES string of the molecule is N=C1C(c2nc3ccccc3[nH]2)=C(O)CCN1c1ccc(Br)cc1. The van der Waals surface area contributed by atoms with E-state index >= 15 is 0 Å². The van der Waals surface area contributed by atoms with Crippen molar-refractivity contribution in [2.75, 3.05) is 11.4 Å². The number of hydrogen-bond donors (Lipinski definition) is 3. The van der Waals surface area contributed by atoms with Crippen molar-refractivity contribution in [3.63, 3.8) is 0 Å². The fourth-order valence-corrected chi connectivity index (χ4v) is 3.19. The Kier molecular flexibility index (Phi) is 3.61. The number of aliphatic hydroxyl groups excluding tert-OH is 1. The van der Waals surface area contributed by atoms with Crippen LogP contribution in [0.15, 0.2) is 58.8 Å². The molecule has 4 rings (SSSR count). The number of halogens is 1. The Labute approximate surface area is 147 Å². The number of benzene rings is 2. The molecule has 1 aliphatic rings. The number of H-pyrrole nitrogens is 1. The van der Waals surface area contributed by atoms with Gasteiger partial charge in [-0.15, -0.1) is 0 Å². The Morgan fingerprint density at radius 2 is 1.88 bits per heavy atom. The molecule has 0 unspecified atom stereocenters. The number of aromatic nitrogens is 2. The van der Waals surface area contributed by atoms with Gasteiger partial charge in [-0.25, -0.2) is 4.98 Å². The number of amidine groups is 1. The Morgan fingerprint density at radius 3 is 2.62 bits per heavy atom. The van der Waals surface area contributed by atoms with Crippen LogP contribution in [0.2, 0.25) is 0 Å². The van der Waals surface area contributed by atoms with E-state index in [1.54, 1.807) is 0 Å². The van der Waals surface area contributed by atoms with E-state index in [-0.39, 0.29) is 11.6 Å². The van der Waals surface area contributed by atoms with Crippen molar-refractivity contribution < 1.29 is 5.11 Å². The van der Waals surface area contributed by atoms with Gasteiger partial charge < -0.3 is 15.0 Å². The molecule has 0 fully saturated rings. The van der Waals surface area contributed by atoms with E-state index in [2.05, 4.69) is 25.9 Å². The minimum atomic E-state index is 0.201. The Morgan fingerprint density at radius 1 is 1.12 bits per heavy atom. The van der Waals surface area contributed by atoms with Gasteiger partial charge in [-0.1, -0.05) is 28.1 Å². The number of hydrogen-bond acceptors (Lipinski definition) is 3. The van der Waals surface area contributed by atoms with E-state index in [0.717, 1.165) is 21.2 Å². The number of nitrogens with zero attached hydrogens (tertiary/aromatic N) is 2. The predicted molar refractivity (Wildman–Crippen MR) is 99.5 cm³/mol. The lowest BCUT2D eigenvalue weighted by molar-refractivity contribution is 0.391. The van der Waals surface area contributed by atoms with Crippen molar-refractivity contribution in [3.05, 3.63) is 64.6 Å². The molecule has 6 heteroatoms. The number of nitrogens with one attached hydrogen (secondary N) is 2. The molecule has 0 saturated heterocycles. The van der Waals surface area contributed by atoms with Crippen molar-refractivity contribution >= 4 is 44.1 Å². The van der Waals surface area contributed by atoms with Crippen molar-refractivity contribution in [1.82, 2.24) is 9.97 Å². The van der Waals surface area contributed by atoms with E-state index in [0.29, 0.717) is 24.4 Å². The van der Waals surface area contributed by atoms with Gasteiger partial charge in [0.2, 0.25) is 0 Å². The number of imidazole rings is 1. The van der Waals surface area contributed by atoms with Crippen LogP contribution in [-0.4, -0.2) is 27.5 Å². The van der Waals surface area contributed by atoms with E-state index in [1.165, 1.54) is 0 Å². The van der Waals surface area contributed by atoms with E-state index in [9.17, 15) is 5.11 Å². The van der Waals surface area contributed by atoms with E-state index in [4.69, 9.17) is 5.41 Å². The van der Waals surface area contributed by atoms with Gasteiger partial charge in [0.05, 0.1) is 16.6 Å². The molecule has 1 aliphatic heterocycles. The molecule has 0 spiro atoms. The van der Waals surface area contributed by atoms with Crippen LogP contribution in [0.1, 0.15) is 12.2 Å². The highest BCUT2D eigenvalue weighted by Crippen LogP contribution is 2.30. The Balaban J connectivity index is 1.76. The average molecular weight is 383 g/mol. The van der Waals surface area contributed by atoms with Crippen molar-refractivity contribution in [3.8, 4) is 0 Å². The van der Waals surface area contributed by atoms with Gasteiger partial charge in [0.15, 0.2) is 0 Å². The number of aromatic amines is 1.